The third kappa shape index (κ3) is 4.27. The van der Waals surface area contributed by atoms with Crippen LogP contribution in [0.1, 0.15) is 13.8 Å². The fourth-order valence-electron chi connectivity index (χ4n) is 2.92. The van der Waals surface area contributed by atoms with Crippen LogP contribution in [0.2, 0.25) is 0 Å². The Bertz CT molecular complexity index is 465. The molecular formula is C14H25NO10. The molecule has 7 N–H and O–H groups in total. The summed E-state index contributed by atoms with van der Waals surface area (Å²) in [5.74, 6) is -0.533. The van der Waals surface area contributed by atoms with E-state index in [0.29, 0.717) is 0 Å². The van der Waals surface area contributed by atoms with E-state index in [1.807, 2.05) is 0 Å². The molecule has 10 atom stereocenters. The van der Waals surface area contributed by atoms with Crippen molar-refractivity contribution in [1.82, 2.24) is 5.32 Å². The van der Waals surface area contributed by atoms with Gasteiger partial charge in [-0.15, -0.1) is 0 Å². The van der Waals surface area contributed by atoms with Crippen LogP contribution in [0.4, 0.5) is 0 Å². The lowest BCUT2D eigenvalue weighted by Crippen LogP contribution is -2.66. The summed E-state index contributed by atoms with van der Waals surface area (Å²) in [7, 11) is 0. The first kappa shape index (κ1) is 20.4. The van der Waals surface area contributed by atoms with Gasteiger partial charge in [-0.05, 0) is 6.92 Å². The summed E-state index contributed by atoms with van der Waals surface area (Å²) in [6.07, 6.45) is -12.3. The van der Waals surface area contributed by atoms with Crippen molar-refractivity contribution in [3.05, 3.63) is 0 Å². The summed E-state index contributed by atoms with van der Waals surface area (Å²) in [6.45, 7) is 2.01. The molecule has 0 unspecified atom stereocenters. The van der Waals surface area contributed by atoms with Crippen LogP contribution in [0, 0.1) is 0 Å². The first-order valence-electron chi connectivity index (χ1n) is 7.92. The number of nitrogens with one attached hydrogen (secondary N) is 1. The van der Waals surface area contributed by atoms with Crippen molar-refractivity contribution in [3.63, 3.8) is 0 Å². The van der Waals surface area contributed by atoms with Crippen molar-refractivity contribution in [2.24, 2.45) is 0 Å². The molecule has 1 amide bonds. The Morgan fingerprint density at radius 3 is 2.24 bits per heavy atom. The zero-order valence-corrected chi connectivity index (χ0v) is 13.8. The molecule has 0 aromatic rings. The number of hydrogen-bond donors (Lipinski definition) is 7. The van der Waals surface area contributed by atoms with E-state index in [1.54, 1.807) is 0 Å². The van der Waals surface area contributed by atoms with Gasteiger partial charge in [0.1, 0.15) is 42.7 Å². The standard InChI is InChI=1S/C14H25NO10/c1-4-8(18)10(20)11(21)14(23-4)25-12-6(3-16)24-13(22)7(9(12)19)15-5(2)17/h4,6-14,16,18-22H,3H2,1-2H3,(H,15,17)/t4-,6+,7-,8+,9+,10-,11-,12+,13+,14-/m0/s1. The third-order valence-electron chi connectivity index (χ3n) is 4.34. The summed E-state index contributed by atoms with van der Waals surface area (Å²) in [5.41, 5.74) is 0. The van der Waals surface area contributed by atoms with Crippen LogP contribution in [0.15, 0.2) is 0 Å². The van der Waals surface area contributed by atoms with Crippen LogP contribution >= 0.6 is 0 Å². The summed E-state index contributed by atoms with van der Waals surface area (Å²) in [6, 6.07) is -1.24. The minimum atomic E-state index is -1.62. The Hall–Kier alpha value is -0.890. The predicted molar refractivity (Wildman–Crippen MR) is 78.8 cm³/mol. The molecule has 25 heavy (non-hydrogen) atoms. The highest BCUT2D eigenvalue weighted by atomic mass is 16.7. The van der Waals surface area contributed by atoms with Crippen LogP contribution < -0.4 is 5.32 Å². The quantitative estimate of drug-likeness (QED) is 0.257. The molecule has 11 nitrogen and oxygen atoms in total. The van der Waals surface area contributed by atoms with Gasteiger partial charge < -0.3 is 50.2 Å². The van der Waals surface area contributed by atoms with Gasteiger partial charge >= 0.3 is 0 Å². The Morgan fingerprint density at radius 1 is 1.04 bits per heavy atom. The molecule has 0 aromatic heterocycles. The molecule has 0 aromatic carbocycles. The van der Waals surface area contributed by atoms with Crippen molar-refractivity contribution >= 4 is 5.91 Å². The maximum Gasteiger partial charge on any atom is 0.217 e. The zero-order chi connectivity index (χ0) is 18.9. The molecule has 2 saturated heterocycles. The number of amides is 1. The fraction of sp³-hybridized carbons (Fsp3) is 0.929. The molecular weight excluding hydrogens is 342 g/mol. The van der Waals surface area contributed by atoms with E-state index in [2.05, 4.69) is 5.32 Å². The van der Waals surface area contributed by atoms with Gasteiger partial charge in [0.25, 0.3) is 0 Å². The number of ether oxygens (including phenoxy) is 3. The smallest absolute Gasteiger partial charge is 0.217 e. The Labute approximate surface area is 143 Å². The van der Waals surface area contributed by atoms with E-state index in [-0.39, 0.29) is 0 Å². The highest BCUT2D eigenvalue weighted by Crippen LogP contribution is 2.28. The van der Waals surface area contributed by atoms with Gasteiger partial charge in [-0.3, -0.25) is 4.79 Å². The summed E-state index contributed by atoms with van der Waals surface area (Å²) < 4.78 is 15.9. The second-order valence-corrected chi connectivity index (χ2v) is 6.25. The number of hydrogen-bond acceptors (Lipinski definition) is 10. The number of aliphatic hydroxyl groups is 6. The molecule has 146 valence electrons. The normalized spacial score (nSPS) is 48.2. The largest absolute Gasteiger partial charge is 0.394 e. The maximum absolute atomic E-state index is 11.2. The van der Waals surface area contributed by atoms with E-state index in [0.717, 1.165) is 0 Å². The van der Waals surface area contributed by atoms with Gasteiger partial charge in [0.05, 0.1) is 12.7 Å². The SMILES string of the molecule is CC(=O)N[C@H]1[C@@H](O)[C@H](O[C@@H]2O[C@@H](C)[C@@H](O)[C@H](O)[C@@H]2O)[C@@H](CO)O[C@H]1O. The third-order valence-corrected chi connectivity index (χ3v) is 4.34. The molecule has 2 aliphatic heterocycles. The summed E-state index contributed by atoms with van der Waals surface area (Å²) in [5, 5.41) is 61.5. The molecule has 2 fully saturated rings. The van der Waals surface area contributed by atoms with Gasteiger partial charge in [0, 0.05) is 6.92 Å². The summed E-state index contributed by atoms with van der Waals surface area (Å²) >= 11 is 0. The van der Waals surface area contributed by atoms with Gasteiger partial charge in [-0.2, -0.15) is 0 Å². The van der Waals surface area contributed by atoms with E-state index in [4.69, 9.17) is 14.2 Å². The minimum absolute atomic E-state index is 0.533. The number of carbonyl (C=O) groups excluding carboxylic acids is 1. The molecule has 0 saturated carbocycles. The van der Waals surface area contributed by atoms with Crippen LogP contribution in [-0.4, -0.2) is 105 Å². The minimum Gasteiger partial charge on any atom is -0.394 e. The molecule has 2 heterocycles. The zero-order valence-electron chi connectivity index (χ0n) is 13.8. The average Bonchev–Trinajstić information content (AvgIpc) is 2.56. The molecule has 0 bridgehead atoms. The Balaban J connectivity index is 2.15. The number of aliphatic hydroxyl groups excluding tert-OH is 6. The Kier molecular flexibility index (Phi) is 6.70. The van der Waals surface area contributed by atoms with Gasteiger partial charge in [0.2, 0.25) is 5.91 Å². The lowest BCUT2D eigenvalue weighted by Gasteiger charge is -2.46. The van der Waals surface area contributed by atoms with Gasteiger partial charge in [-0.1, -0.05) is 0 Å². The van der Waals surface area contributed by atoms with Crippen molar-refractivity contribution < 1.29 is 49.6 Å². The summed E-state index contributed by atoms with van der Waals surface area (Å²) in [4.78, 5) is 11.2. The fourth-order valence-corrected chi connectivity index (χ4v) is 2.92. The van der Waals surface area contributed by atoms with Crippen molar-refractivity contribution in [2.75, 3.05) is 6.61 Å². The lowest BCUT2D eigenvalue weighted by molar-refractivity contribution is -0.341. The molecule has 11 heteroatoms. The van der Waals surface area contributed by atoms with Crippen LogP contribution in [0.25, 0.3) is 0 Å². The van der Waals surface area contributed by atoms with Crippen molar-refractivity contribution in [2.45, 2.75) is 75.2 Å². The second kappa shape index (κ2) is 8.20. The first-order valence-corrected chi connectivity index (χ1v) is 7.92. The van der Waals surface area contributed by atoms with Crippen molar-refractivity contribution in [1.29, 1.82) is 0 Å². The van der Waals surface area contributed by atoms with E-state index >= 15 is 0 Å². The molecule has 0 radical (unpaired) electrons. The van der Waals surface area contributed by atoms with Gasteiger partial charge in [-0.25, -0.2) is 0 Å². The van der Waals surface area contributed by atoms with Crippen LogP contribution in [0.5, 0.6) is 0 Å². The van der Waals surface area contributed by atoms with Crippen LogP contribution in [0.3, 0.4) is 0 Å². The molecule has 2 rings (SSSR count). The monoisotopic (exact) mass is 367 g/mol. The van der Waals surface area contributed by atoms with Crippen LogP contribution in [-0.2, 0) is 19.0 Å². The number of rotatable bonds is 4. The van der Waals surface area contributed by atoms with Crippen molar-refractivity contribution in [3.8, 4) is 0 Å². The molecule has 0 spiro atoms. The van der Waals surface area contributed by atoms with E-state index < -0.39 is 73.9 Å². The maximum atomic E-state index is 11.2. The molecule has 2 aliphatic rings. The average molecular weight is 367 g/mol. The van der Waals surface area contributed by atoms with E-state index in [9.17, 15) is 35.4 Å². The second-order valence-electron chi connectivity index (χ2n) is 6.25. The highest BCUT2D eigenvalue weighted by Gasteiger charge is 2.50. The topological polar surface area (TPSA) is 178 Å². The number of carbonyl (C=O) groups is 1. The highest BCUT2D eigenvalue weighted by molar-refractivity contribution is 5.73. The predicted octanol–water partition coefficient (Wildman–Crippen LogP) is -4.23. The Morgan fingerprint density at radius 2 is 1.68 bits per heavy atom. The first-order chi connectivity index (χ1) is 11.7. The van der Waals surface area contributed by atoms with E-state index in [1.165, 1.54) is 13.8 Å². The van der Waals surface area contributed by atoms with Gasteiger partial charge in [0.15, 0.2) is 12.6 Å². The molecule has 0 aliphatic carbocycles. The lowest BCUT2D eigenvalue weighted by atomic mass is 9.95.